The Balaban J connectivity index is 0.880. The van der Waals surface area contributed by atoms with E-state index in [0.29, 0.717) is 64.7 Å². The minimum absolute atomic E-state index is 0.171. The Morgan fingerprint density at radius 2 is 0.805 bits per heavy atom. The summed E-state index contributed by atoms with van der Waals surface area (Å²) in [5, 5.41) is 0. The molecule has 16 heteroatoms. The van der Waals surface area contributed by atoms with Gasteiger partial charge in [-0.1, -0.05) is 13.8 Å². The van der Waals surface area contributed by atoms with Crippen molar-refractivity contribution in [2.45, 2.75) is 77.4 Å². The molecule has 236 valence electrons. The Morgan fingerprint density at radius 3 is 1.12 bits per heavy atom. The molecule has 2 saturated carbocycles. The third-order valence-corrected chi connectivity index (χ3v) is 13.5. The van der Waals surface area contributed by atoms with Crippen molar-refractivity contribution in [2.24, 2.45) is 28.1 Å². The predicted octanol–water partition coefficient (Wildman–Crippen LogP) is 6.22. The number of hydrogen-bond acceptors (Lipinski definition) is 12. The van der Waals surface area contributed by atoms with E-state index in [9.17, 15) is 9.79 Å². The molecule has 0 aromatic rings. The van der Waals surface area contributed by atoms with Crippen molar-refractivity contribution in [1.82, 2.24) is 0 Å². The van der Waals surface area contributed by atoms with E-state index in [1.54, 1.807) is 0 Å². The SMILES string of the molecule is CC(C)(C1CCC(OP2OCC3(COP(O)OC3)CO2)CC1)C1CCC(OP2OCC3(COP(O)OC3)CO2)CC1. The van der Waals surface area contributed by atoms with Crippen LogP contribution in [-0.2, 0) is 45.2 Å². The van der Waals surface area contributed by atoms with E-state index in [2.05, 4.69) is 13.8 Å². The molecule has 0 radical (unpaired) electrons. The summed E-state index contributed by atoms with van der Waals surface area (Å²) in [7, 11) is -6.23. The molecule has 6 rings (SSSR count). The van der Waals surface area contributed by atoms with Gasteiger partial charge in [-0.15, -0.1) is 0 Å². The summed E-state index contributed by atoms with van der Waals surface area (Å²) >= 11 is 0. The van der Waals surface area contributed by atoms with Crippen molar-refractivity contribution in [1.29, 1.82) is 0 Å². The Morgan fingerprint density at radius 1 is 0.512 bits per heavy atom. The average molecular weight is 661 g/mol. The first-order valence-electron chi connectivity index (χ1n) is 14.7. The summed E-state index contributed by atoms with van der Waals surface area (Å²) in [5.41, 5.74) is -0.427. The van der Waals surface area contributed by atoms with Gasteiger partial charge in [0.1, 0.15) is 0 Å². The summed E-state index contributed by atoms with van der Waals surface area (Å²) in [5.74, 6) is 1.34. The molecule has 6 fully saturated rings. The highest BCUT2D eigenvalue weighted by Gasteiger charge is 2.47. The van der Waals surface area contributed by atoms with E-state index in [1.807, 2.05) is 0 Å². The highest BCUT2D eigenvalue weighted by atomic mass is 31.2. The quantitative estimate of drug-likeness (QED) is 0.314. The fourth-order valence-electron chi connectivity index (χ4n) is 6.70. The molecule has 2 spiro atoms. The zero-order valence-corrected chi connectivity index (χ0v) is 27.5. The van der Waals surface area contributed by atoms with Crippen molar-refractivity contribution in [2.75, 3.05) is 52.9 Å². The smallest absolute Gasteiger partial charge is 0.328 e. The Hall–Kier alpha value is 1.24. The first-order valence-corrected chi connectivity index (χ1v) is 19.1. The molecular formula is C25H44O12P4. The van der Waals surface area contributed by atoms with Crippen LogP contribution >= 0.6 is 34.4 Å². The van der Waals surface area contributed by atoms with Gasteiger partial charge >= 0.3 is 34.4 Å². The molecule has 12 nitrogen and oxygen atoms in total. The van der Waals surface area contributed by atoms with Gasteiger partial charge in [0.05, 0.1) is 75.9 Å². The van der Waals surface area contributed by atoms with Gasteiger partial charge in [-0.25, -0.2) is 0 Å². The molecule has 0 bridgehead atoms. The second kappa shape index (κ2) is 13.9. The highest BCUT2D eigenvalue weighted by Crippen LogP contribution is 2.56. The van der Waals surface area contributed by atoms with E-state index >= 15 is 0 Å². The monoisotopic (exact) mass is 660 g/mol. The van der Waals surface area contributed by atoms with Crippen LogP contribution in [0.3, 0.4) is 0 Å². The van der Waals surface area contributed by atoms with Gasteiger partial charge in [0.2, 0.25) is 0 Å². The van der Waals surface area contributed by atoms with Crippen molar-refractivity contribution >= 4 is 34.4 Å². The second-order valence-electron chi connectivity index (χ2n) is 13.1. The molecule has 6 aliphatic rings. The van der Waals surface area contributed by atoms with Gasteiger partial charge in [-0.3, -0.25) is 0 Å². The molecule has 2 N–H and O–H groups in total. The lowest BCUT2D eigenvalue weighted by Crippen LogP contribution is -2.45. The summed E-state index contributed by atoms with van der Waals surface area (Å²) in [4.78, 5) is 18.9. The van der Waals surface area contributed by atoms with Crippen LogP contribution in [0.25, 0.3) is 0 Å². The van der Waals surface area contributed by atoms with Crippen LogP contribution in [0.4, 0.5) is 0 Å². The average Bonchev–Trinajstić information content (AvgIpc) is 2.99. The molecule has 41 heavy (non-hydrogen) atoms. The lowest BCUT2D eigenvalue weighted by molar-refractivity contribution is -0.0797. The van der Waals surface area contributed by atoms with Gasteiger partial charge in [-0.2, -0.15) is 0 Å². The lowest BCUT2D eigenvalue weighted by atomic mass is 9.60. The van der Waals surface area contributed by atoms with Crippen LogP contribution in [0.5, 0.6) is 0 Å². The van der Waals surface area contributed by atoms with Crippen LogP contribution < -0.4 is 0 Å². The van der Waals surface area contributed by atoms with Gasteiger partial charge in [0.25, 0.3) is 0 Å². The predicted molar refractivity (Wildman–Crippen MR) is 152 cm³/mol. The minimum Gasteiger partial charge on any atom is -0.328 e. The van der Waals surface area contributed by atoms with E-state index < -0.39 is 34.4 Å². The Labute approximate surface area is 247 Å². The number of rotatable bonds is 6. The minimum atomic E-state index is -1.76. The highest BCUT2D eigenvalue weighted by molar-refractivity contribution is 7.42. The van der Waals surface area contributed by atoms with Gasteiger partial charge in [-0.05, 0) is 68.6 Å². The molecule has 4 aliphatic heterocycles. The van der Waals surface area contributed by atoms with Crippen LogP contribution in [-0.4, -0.2) is 74.8 Å². The molecule has 4 heterocycles. The van der Waals surface area contributed by atoms with Gasteiger partial charge in [0, 0.05) is 0 Å². The molecule has 0 unspecified atom stereocenters. The molecule has 4 saturated heterocycles. The number of hydrogen-bond donors (Lipinski definition) is 2. The molecular weight excluding hydrogens is 616 g/mol. The second-order valence-corrected chi connectivity index (χ2v) is 17.4. The van der Waals surface area contributed by atoms with E-state index in [1.165, 1.54) is 0 Å². The lowest BCUT2D eigenvalue weighted by Gasteiger charge is -2.47. The molecule has 0 aromatic heterocycles. The van der Waals surface area contributed by atoms with Crippen molar-refractivity contribution in [3.63, 3.8) is 0 Å². The summed E-state index contributed by atoms with van der Waals surface area (Å²) in [6.45, 7) is 8.31. The third-order valence-electron chi connectivity index (χ3n) is 9.75. The van der Waals surface area contributed by atoms with Crippen molar-refractivity contribution < 1.29 is 55.0 Å². The van der Waals surface area contributed by atoms with Gasteiger partial charge in [0.15, 0.2) is 0 Å². The largest absolute Gasteiger partial charge is 0.332 e. The molecule has 0 atom stereocenters. The van der Waals surface area contributed by atoms with Crippen LogP contribution in [0, 0.1) is 28.1 Å². The van der Waals surface area contributed by atoms with E-state index in [-0.39, 0.29) is 28.5 Å². The van der Waals surface area contributed by atoms with Crippen molar-refractivity contribution in [3.8, 4) is 0 Å². The van der Waals surface area contributed by atoms with E-state index in [0.717, 1.165) is 51.4 Å². The van der Waals surface area contributed by atoms with Crippen LogP contribution in [0.2, 0.25) is 0 Å². The fourth-order valence-corrected chi connectivity index (χ4v) is 11.2. The Bertz CT molecular complexity index is 754. The molecule has 2 aliphatic carbocycles. The maximum absolute atomic E-state index is 9.46. The van der Waals surface area contributed by atoms with Gasteiger partial charge < -0.3 is 55.0 Å². The Kier molecular flexibility index (Phi) is 10.9. The maximum atomic E-state index is 9.46. The summed E-state index contributed by atoms with van der Waals surface area (Å²) in [6, 6.07) is 0. The zero-order chi connectivity index (χ0) is 28.5. The van der Waals surface area contributed by atoms with E-state index in [4.69, 9.17) is 45.2 Å². The fraction of sp³-hybridized carbons (Fsp3) is 1.00. The maximum Gasteiger partial charge on any atom is 0.332 e. The topological polar surface area (TPSA) is 133 Å². The molecule has 0 aromatic carbocycles. The van der Waals surface area contributed by atoms with Crippen LogP contribution in [0.15, 0.2) is 0 Å². The standard InChI is InChI=1S/C25H44O12P4/c1-23(2,19-3-7-21(8-4-19)36-40-32-15-24(16-33-40)11-28-38(26)29-12-24)20-5-9-22(10-6-20)37-41-34-17-25(18-35-41)13-30-39(27)31-14-25/h19-22,26-27H,3-18H2,1-2H3. The van der Waals surface area contributed by atoms with Crippen LogP contribution in [0.1, 0.15) is 65.2 Å². The molecule has 0 amide bonds. The first-order chi connectivity index (χ1) is 19.7. The normalized spacial score (nSPS) is 46.5. The first kappa shape index (κ1) is 32.2. The zero-order valence-electron chi connectivity index (χ0n) is 23.9. The summed E-state index contributed by atoms with van der Waals surface area (Å²) < 4.78 is 57.4. The van der Waals surface area contributed by atoms with Crippen molar-refractivity contribution in [3.05, 3.63) is 0 Å². The summed E-state index contributed by atoms with van der Waals surface area (Å²) in [6.07, 6.45) is 9.08. The third kappa shape index (κ3) is 7.97.